The van der Waals surface area contributed by atoms with Gasteiger partial charge in [-0.2, -0.15) is 0 Å². The summed E-state index contributed by atoms with van der Waals surface area (Å²) in [5.74, 6) is -0.214. The van der Waals surface area contributed by atoms with E-state index >= 15 is 0 Å². The van der Waals surface area contributed by atoms with E-state index in [1.807, 2.05) is 30.3 Å². The second-order valence-corrected chi connectivity index (χ2v) is 8.77. The summed E-state index contributed by atoms with van der Waals surface area (Å²) in [5, 5.41) is 0.0469. The van der Waals surface area contributed by atoms with Crippen LogP contribution in [-0.4, -0.2) is 47.9 Å². The molecule has 1 saturated heterocycles. The maximum atomic E-state index is 14.0. The summed E-state index contributed by atoms with van der Waals surface area (Å²) in [4.78, 5) is 29.7. The number of ether oxygens (including phenoxy) is 1. The molecular weight excluding hydrogens is 455 g/mol. The smallest absolute Gasteiger partial charge is 0.254 e. The highest BCUT2D eigenvalue weighted by atomic mass is 35.5. The van der Waals surface area contributed by atoms with Gasteiger partial charge in [-0.25, -0.2) is 4.39 Å². The van der Waals surface area contributed by atoms with Gasteiger partial charge < -0.3 is 14.5 Å². The van der Waals surface area contributed by atoms with Crippen LogP contribution in [0.4, 0.5) is 4.39 Å². The number of hydrogen-bond acceptors (Lipinski definition) is 3. The average Bonchev–Trinajstić information content (AvgIpc) is 2.86. The summed E-state index contributed by atoms with van der Waals surface area (Å²) in [6.45, 7) is 0.638. The molecule has 1 aliphatic rings. The highest BCUT2D eigenvalue weighted by Gasteiger charge is 2.35. The summed E-state index contributed by atoms with van der Waals surface area (Å²) in [7, 11) is 1.57. The molecule has 176 valence electrons. The zero-order chi connectivity index (χ0) is 24.1. The van der Waals surface area contributed by atoms with E-state index in [-0.39, 0.29) is 36.0 Å². The largest absolute Gasteiger partial charge is 0.497 e. The van der Waals surface area contributed by atoms with Gasteiger partial charge in [0.25, 0.3) is 5.91 Å². The van der Waals surface area contributed by atoms with Crippen LogP contribution in [0.1, 0.15) is 27.9 Å². The van der Waals surface area contributed by atoms with Crippen molar-refractivity contribution in [1.29, 1.82) is 0 Å². The highest BCUT2D eigenvalue weighted by Crippen LogP contribution is 2.23. The minimum absolute atomic E-state index is 0.0250. The van der Waals surface area contributed by atoms with Gasteiger partial charge in [0.15, 0.2) is 0 Å². The minimum Gasteiger partial charge on any atom is -0.497 e. The van der Waals surface area contributed by atoms with Crippen LogP contribution in [0, 0.1) is 5.82 Å². The number of rotatable bonds is 7. The first-order chi connectivity index (χ1) is 16.4. The molecular formula is C27H26ClFN2O3. The summed E-state index contributed by atoms with van der Waals surface area (Å²) in [5.41, 5.74) is 2.32. The third-order valence-electron chi connectivity index (χ3n) is 6.09. The Balaban J connectivity index is 1.54. The van der Waals surface area contributed by atoms with Gasteiger partial charge in [0.1, 0.15) is 18.1 Å². The molecule has 0 bridgehead atoms. The fourth-order valence-electron chi connectivity index (χ4n) is 4.22. The summed E-state index contributed by atoms with van der Waals surface area (Å²) in [6, 6.07) is 21.3. The average molecular weight is 481 g/mol. The summed E-state index contributed by atoms with van der Waals surface area (Å²) >= 11 is 5.82. The number of benzene rings is 3. The first-order valence-corrected chi connectivity index (χ1v) is 11.5. The van der Waals surface area contributed by atoms with Crippen LogP contribution in [0.5, 0.6) is 5.75 Å². The first-order valence-electron chi connectivity index (χ1n) is 11.1. The lowest BCUT2D eigenvalue weighted by Gasteiger charge is -2.41. The van der Waals surface area contributed by atoms with Gasteiger partial charge in [-0.05, 0) is 60.4 Å². The molecule has 1 heterocycles. The molecule has 0 aliphatic carbocycles. The van der Waals surface area contributed by atoms with Crippen LogP contribution >= 0.6 is 11.6 Å². The number of hydrogen-bond donors (Lipinski definition) is 0. The molecule has 0 saturated carbocycles. The van der Waals surface area contributed by atoms with Crippen molar-refractivity contribution in [3.05, 3.63) is 100 Å². The van der Waals surface area contributed by atoms with E-state index in [1.54, 1.807) is 47.2 Å². The Hall–Kier alpha value is -3.38. The summed E-state index contributed by atoms with van der Waals surface area (Å²) in [6.07, 6.45) is 1.44. The van der Waals surface area contributed by atoms with Gasteiger partial charge in [-0.15, -0.1) is 0 Å². The zero-order valence-electron chi connectivity index (χ0n) is 18.9. The Morgan fingerprint density at radius 3 is 2.47 bits per heavy atom. The molecule has 7 heteroatoms. The van der Waals surface area contributed by atoms with Crippen LogP contribution in [0.2, 0.25) is 5.02 Å². The standard InChI is InChI=1S/C27H26ClFN2O3/c1-34-23-12-9-21(10-13-23)27(33)30-17-22(11-7-19-5-3-2-4-6-19)31(26(32)18-30)16-20-8-14-24(28)25(29)15-20/h2-6,8-10,12-15,22H,7,11,16-18H2,1H3/t22-/m0/s1. The summed E-state index contributed by atoms with van der Waals surface area (Å²) < 4.78 is 19.2. The van der Waals surface area contributed by atoms with E-state index in [4.69, 9.17) is 16.3 Å². The lowest BCUT2D eigenvalue weighted by atomic mass is 10.00. The molecule has 0 radical (unpaired) electrons. The molecule has 3 aromatic rings. The molecule has 34 heavy (non-hydrogen) atoms. The predicted octanol–water partition coefficient (Wildman–Crippen LogP) is 4.97. The number of amides is 2. The SMILES string of the molecule is COc1ccc(C(=O)N2CC(=O)N(Cc3ccc(Cl)c(F)c3)[C@@H](CCc3ccccc3)C2)cc1. The maximum Gasteiger partial charge on any atom is 0.254 e. The third kappa shape index (κ3) is 5.57. The topological polar surface area (TPSA) is 49.9 Å². The number of carbonyl (C=O) groups is 2. The highest BCUT2D eigenvalue weighted by molar-refractivity contribution is 6.30. The molecule has 4 rings (SSSR count). The zero-order valence-corrected chi connectivity index (χ0v) is 19.7. The van der Waals surface area contributed by atoms with Crippen LogP contribution in [0.25, 0.3) is 0 Å². The van der Waals surface area contributed by atoms with Crippen LogP contribution in [0.3, 0.4) is 0 Å². The molecule has 0 N–H and O–H groups in total. The van der Waals surface area contributed by atoms with E-state index in [9.17, 15) is 14.0 Å². The monoisotopic (exact) mass is 480 g/mol. The van der Waals surface area contributed by atoms with Crippen molar-refractivity contribution < 1.29 is 18.7 Å². The quantitative estimate of drug-likeness (QED) is 0.479. The van der Waals surface area contributed by atoms with E-state index in [0.29, 0.717) is 29.8 Å². The number of nitrogens with zero attached hydrogens (tertiary/aromatic N) is 2. The first kappa shape index (κ1) is 23.8. The minimum atomic E-state index is -0.513. The number of piperazine rings is 1. The number of carbonyl (C=O) groups excluding carboxylic acids is 2. The molecule has 0 spiro atoms. The maximum absolute atomic E-state index is 14.0. The molecule has 3 aromatic carbocycles. The fraction of sp³-hybridized carbons (Fsp3) is 0.259. The van der Waals surface area contributed by atoms with Crippen molar-refractivity contribution in [3.8, 4) is 5.75 Å². The Morgan fingerprint density at radius 1 is 1.06 bits per heavy atom. The van der Waals surface area contributed by atoms with Crippen molar-refractivity contribution in [3.63, 3.8) is 0 Å². The van der Waals surface area contributed by atoms with E-state index < -0.39 is 5.82 Å². The van der Waals surface area contributed by atoms with Gasteiger partial charge in [-0.1, -0.05) is 48.0 Å². The van der Waals surface area contributed by atoms with Crippen LogP contribution < -0.4 is 4.74 Å². The fourth-order valence-corrected chi connectivity index (χ4v) is 4.34. The van der Waals surface area contributed by atoms with E-state index in [1.165, 1.54) is 12.1 Å². The normalized spacial score (nSPS) is 16.0. The molecule has 1 atom stereocenters. The molecule has 2 amide bonds. The van der Waals surface area contributed by atoms with Crippen molar-refractivity contribution in [1.82, 2.24) is 9.80 Å². The van der Waals surface area contributed by atoms with Gasteiger partial charge in [-0.3, -0.25) is 9.59 Å². The third-order valence-corrected chi connectivity index (χ3v) is 6.40. The molecule has 5 nitrogen and oxygen atoms in total. The van der Waals surface area contributed by atoms with Crippen molar-refractivity contribution in [2.45, 2.75) is 25.4 Å². The number of halogens is 2. The number of aryl methyl sites for hydroxylation is 1. The van der Waals surface area contributed by atoms with E-state index in [0.717, 1.165) is 12.0 Å². The van der Waals surface area contributed by atoms with E-state index in [2.05, 4.69) is 0 Å². The number of methoxy groups -OCH3 is 1. The Morgan fingerprint density at radius 2 is 1.79 bits per heavy atom. The van der Waals surface area contributed by atoms with Crippen molar-refractivity contribution in [2.24, 2.45) is 0 Å². The molecule has 0 aromatic heterocycles. The van der Waals surface area contributed by atoms with Gasteiger partial charge in [0.05, 0.1) is 18.2 Å². The Labute approximate surface area is 203 Å². The Bertz CT molecular complexity index is 1150. The van der Waals surface area contributed by atoms with Crippen molar-refractivity contribution >= 4 is 23.4 Å². The second kappa shape index (κ2) is 10.7. The second-order valence-electron chi connectivity index (χ2n) is 8.36. The molecule has 1 fully saturated rings. The van der Waals surface area contributed by atoms with Gasteiger partial charge >= 0.3 is 0 Å². The van der Waals surface area contributed by atoms with Gasteiger partial charge in [0, 0.05) is 18.7 Å². The Kier molecular flexibility index (Phi) is 7.48. The lowest BCUT2D eigenvalue weighted by Crippen LogP contribution is -2.57. The van der Waals surface area contributed by atoms with Gasteiger partial charge in [0.2, 0.25) is 5.91 Å². The predicted molar refractivity (Wildman–Crippen MR) is 129 cm³/mol. The van der Waals surface area contributed by atoms with Crippen LogP contribution in [-0.2, 0) is 17.8 Å². The lowest BCUT2D eigenvalue weighted by molar-refractivity contribution is -0.139. The van der Waals surface area contributed by atoms with Crippen LogP contribution in [0.15, 0.2) is 72.8 Å². The molecule has 0 unspecified atom stereocenters. The molecule has 1 aliphatic heterocycles. The van der Waals surface area contributed by atoms with Crippen molar-refractivity contribution in [2.75, 3.05) is 20.2 Å².